The van der Waals surface area contributed by atoms with Crippen LogP contribution in [0.4, 0.5) is 0 Å². The summed E-state index contributed by atoms with van der Waals surface area (Å²) in [6, 6.07) is 25.9. The highest BCUT2D eigenvalue weighted by Crippen LogP contribution is 2.24. The van der Waals surface area contributed by atoms with E-state index >= 15 is 0 Å². The zero-order chi connectivity index (χ0) is 16.1. The fraction of sp³-hybridized carbons (Fsp3) is 0.182. The van der Waals surface area contributed by atoms with Gasteiger partial charge >= 0.3 is 0 Å². The van der Waals surface area contributed by atoms with Gasteiger partial charge in [-0.3, -0.25) is 0 Å². The molecule has 0 aliphatic heterocycles. The van der Waals surface area contributed by atoms with Gasteiger partial charge in [-0.25, -0.2) is 0 Å². The second-order valence-electron chi connectivity index (χ2n) is 6.07. The monoisotopic (exact) mass is 337 g/mol. The minimum Gasteiger partial charge on any atom is -0.306 e. The van der Waals surface area contributed by atoms with Crippen LogP contribution in [-0.2, 0) is 0 Å². The Bertz CT molecular complexity index is 803. The molecule has 1 nitrogen and oxygen atoms in total. The van der Waals surface area contributed by atoms with Crippen molar-refractivity contribution in [2.75, 3.05) is 6.54 Å². The highest BCUT2D eigenvalue weighted by Gasteiger charge is 2.08. The van der Waals surface area contributed by atoms with Gasteiger partial charge in [-0.15, -0.1) is 12.4 Å². The molecule has 2 heteroatoms. The van der Waals surface area contributed by atoms with Crippen molar-refractivity contribution >= 4 is 29.3 Å². The number of fused-ring (bicyclic) bond motifs is 1. The fourth-order valence-electron chi connectivity index (χ4n) is 2.94. The van der Waals surface area contributed by atoms with E-state index in [0.29, 0.717) is 6.04 Å². The predicted octanol–water partition coefficient (Wildman–Crippen LogP) is 6.02. The van der Waals surface area contributed by atoms with Crippen molar-refractivity contribution in [2.24, 2.45) is 0 Å². The maximum absolute atomic E-state index is 3.64. The minimum atomic E-state index is 0. The van der Waals surface area contributed by atoms with E-state index in [2.05, 4.69) is 92.0 Å². The molecule has 0 aliphatic carbocycles. The van der Waals surface area contributed by atoms with Gasteiger partial charge in [0.2, 0.25) is 0 Å². The van der Waals surface area contributed by atoms with Crippen LogP contribution >= 0.6 is 12.4 Å². The quantitative estimate of drug-likeness (QED) is 0.600. The van der Waals surface area contributed by atoms with Gasteiger partial charge in [-0.2, -0.15) is 0 Å². The molecule has 0 bridgehead atoms. The van der Waals surface area contributed by atoms with Gasteiger partial charge in [0.05, 0.1) is 0 Å². The molecule has 0 aromatic heterocycles. The molecule has 3 rings (SSSR count). The molecule has 0 spiro atoms. The molecule has 0 radical (unpaired) electrons. The van der Waals surface area contributed by atoms with Crippen molar-refractivity contribution in [3.05, 3.63) is 89.5 Å². The van der Waals surface area contributed by atoms with Crippen molar-refractivity contribution in [3.63, 3.8) is 0 Å². The number of halogens is 1. The van der Waals surface area contributed by atoms with Gasteiger partial charge in [0.1, 0.15) is 0 Å². The number of hydrogen-bond donors (Lipinski definition) is 1. The number of benzene rings is 3. The van der Waals surface area contributed by atoms with Crippen LogP contribution in [0.1, 0.15) is 31.0 Å². The molecular weight excluding hydrogens is 314 g/mol. The van der Waals surface area contributed by atoms with Crippen LogP contribution in [0, 0.1) is 0 Å². The zero-order valence-electron chi connectivity index (χ0n) is 14.2. The molecule has 3 aromatic carbocycles. The third-order valence-corrected chi connectivity index (χ3v) is 4.19. The van der Waals surface area contributed by atoms with Crippen LogP contribution < -0.4 is 5.32 Å². The van der Waals surface area contributed by atoms with Crippen LogP contribution in [0.15, 0.2) is 78.4 Å². The second-order valence-corrected chi connectivity index (χ2v) is 6.07. The van der Waals surface area contributed by atoms with Gasteiger partial charge in [0.25, 0.3) is 0 Å². The third kappa shape index (κ3) is 4.47. The van der Waals surface area contributed by atoms with Crippen LogP contribution in [0.5, 0.6) is 0 Å². The molecule has 0 unspecified atom stereocenters. The fourth-order valence-corrected chi connectivity index (χ4v) is 2.94. The van der Waals surface area contributed by atoms with E-state index in [0.717, 1.165) is 6.54 Å². The summed E-state index contributed by atoms with van der Waals surface area (Å²) in [5, 5.41) is 6.28. The molecular formula is C22H24ClN. The molecule has 0 amide bonds. The van der Waals surface area contributed by atoms with Crippen LogP contribution in [0.2, 0.25) is 0 Å². The first kappa shape index (κ1) is 18.3. The van der Waals surface area contributed by atoms with E-state index in [1.165, 1.54) is 27.5 Å². The molecule has 0 fully saturated rings. The SMILES string of the molecule is CC(=Cc1ccccc1)CN[C@H](C)c1cccc2ccccc12.Cl. The lowest BCUT2D eigenvalue weighted by Crippen LogP contribution is -2.20. The average molecular weight is 338 g/mol. The van der Waals surface area contributed by atoms with Crippen molar-refractivity contribution in [1.29, 1.82) is 0 Å². The molecule has 1 atom stereocenters. The molecule has 3 aromatic rings. The Kier molecular flexibility index (Phi) is 6.60. The van der Waals surface area contributed by atoms with E-state index in [4.69, 9.17) is 0 Å². The Morgan fingerprint density at radius 1 is 0.917 bits per heavy atom. The summed E-state index contributed by atoms with van der Waals surface area (Å²) >= 11 is 0. The average Bonchev–Trinajstić information content (AvgIpc) is 2.60. The Morgan fingerprint density at radius 2 is 1.58 bits per heavy atom. The Morgan fingerprint density at radius 3 is 2.38 bits per heavy atom. The lowest BCUT2D eigenvalue weighted by molar-refractivity contribution is 0.612. The van der Waals surface area contributed by atoms with Crippen molar-refractivity contribution in [1.82, 2.24) is 5.32 Å². The first-order valence-corrected chi connectivity index (χ1v) is 8.17. The summed E-state index contributed by atoms with van der Waals surface area (Å²) in [7, 11) is 0. The van der Waals surface area contributed by atoms with E-state index in [9.17, 15) is 0 Å². The standard InChI is InChI=1S/C22H23N.ClH/c1-17(15-19-9-4-3-5-10-19)16-23-18(2)21-14-8-12-20-11-6-7-13-22(20)21;/h3-15,18,23H,16H2,1-2H3;1H/t18-;/m1./s1. The summed E-state index contributed by atoms with van der Waals surface area (Å²) in [5.74, 6) is 0. The lowest BCUT2D eigenvalue weighted by Gasteiger charge is -2.17. The van der Waals surface area contributed by atoms with Crippen molar-refractivity contribution in [3.8, 4) is 0 Å². The lowest BCUT2D eigenvalue weighted by atomic mass is 9.99. The highest BCUT2D eigenvalue weighted by atomic mass is 35.5. The van der Waals surface area contributed by atoms with Gasteiger partial charge in [-0.1, -0.05) is 84.4 Å². The molecule has 0 saturated heterocycles. The van der Waals surface area contributed by atoms with Gasteiger partial charge in [0, 0.05) is 12.6 Å². The summed E-state index contributed by atoms with van der Waals surface area (Å²) in [6.07, 6.45) is 2.24. The van der Waals surface area contributed by atoms with E-state index in [-0.39, 0.29) is 12.4 Å². The van der Waals surface area contributed by atoms with E-state index in [1.54, 1.807) is 0 Å². The highest BCUT2D eigenvalue weighted by molar-refractivity contribution is 5.86. The molecule has 1 N–H and O–H groups in total. The molecule has 0 saturated carbocycles. The van der Waals surface area contributed by atoms with Crippen molar-refractivity contribution < 1.29 is 0 Å². The summed E-state index contributed by atoms with van der Waals surface area (Å²) in [6.45, 7) is 5.30. The number of hydrogen-bond acceptors (Lipinski definition) is 1. The van der Waals surface area contributed by atoms with Crippen LogP contribution in [0.3, 0.4) is 0 Å². The maximum Gasteiger partial charge on any atom is 0.0300 e. The third-order valence-electron chi connectivity index (χ3n) is 4.19. The topological polar surface area (TPSA) is 12.0 Å². The van der Waals surface area contributed by atoms with Gasteiger partial charge in [0.15, 0.2) is 0 Å². The van der Waals surface area contributed by atoms with Gasteiger partial charge < -0.3 is 5.32 Å². The molecule has 0 heterocycles. The first-order valence-electron chi connectivity index (χ1n) is 8.17. The Balaban J connectivity index is 0.00000208. The summed E-state index contributed by atoms with van der Waals surface area (Å²) < 4.78 is 0. The van der Waals surface area contributed by atoms with E-state index in [1.807, 2.05) is 6.07 Å². The summed E-state index contributed by atoms with van der Waals surface area (Å²) in [4.78, 5) is 0. The Labute approximate surface area is 150 Å². The Hall–Kier alpha value is -2.09. The van der Waals surface area contributed by atoms with Crippen LogP contribution in [-0.4, -0.2) is 6.54 Å². The van der Waals surface area contributed by atoms with Crippen LogP contribution in [0.25, 0.3) is 16.8 Å². The first-order chi connectivity index (χ1) is 11.2. The predicted molar refractivity (Wildman–Crippen MR) is 108 cm³/mol. The zero-order valence-corrected chi connectivity index (χ0v) is 15.0. The molecule has 124 valence electrons. The van der Waals surface area contributed by atoms with Crippen molar-refractivity contribution in [2.45, 2.75) is 19.9 Å². The molecule has 0 aliphatic rings. The number of rotatable bonds is 5. The van der Waals surface area contributed by atoms with Gasteiger partial charge in [-0.05, 0) is 35.7 Å². The molecule has 24 heavy (non-hydrogen) atoms. The summed E-state index contributed by atoms with van der Waals surface area (Å²) in [5.41, 5.74) is 3.95. The number of nitrogens with one attached hydrogen (secondary N) is 1. The van der Waals surface area contributed by atoms with E-state index < -0.39 is 0 Å². The smallest absolute Gasteiger partial charge is 0.0300 e. The minimum absolute atomic E-state index is 0. The normalized spacial score (nSPS) is 12.7. The largest absolute Gasteiger partial charge is 0.306 e. The maximum atomic E-state index is 3.64. The second kappa shape index (κ2) is 8.68.